The van der Waals surface area contributed by atoms with Crippen LogP contribution in [0.25, 0.3) is 0 Å². The van der Waals surface area contributed by atoms with Gasteiger partial charge in [0, 0.05) is 6.42 Å². The number of hydrogen-bond acceptors (Lipinski definition) is 4. The quantitative estimate of drug-likeness (QED) is 0.708. The van der Waals surface area contributed by atoms with Crippen LogP contribution in [0.1, 0.15) is 40.0 Å². The van der Waals surface area contributed by atoms with Crippen LogP contribution in [-0.4, -0.2) is 23.3 Å². The van der Waals surface area contributed by atoms with Crippen LogP contribution in [0.5, 0.6) is 0 Å². The summed E-state index contributed by atoms with van der Waals surface area (Å²) in [6.07, 6.45) is 2.50. The molecule has 0 saturated heterocycles. The fourth-order valence-corrected chi connectivity index (χ4v) is 1.78. The predicted octanol–water partition coefficient (Wildman–Crippen LogP) is 1.05. The molecule has 2 unspecified atom stereocenters. The highest BCUT2D eigenvalue weighted by Gasteiger charge is 2.38. The maximum atomic E-state index is 6.21. The molecule has 4 heteroatoms. The Hall–Kier alpha value is -0.900. The van der Waals surface area contributed by atoms with Gasteiger partial charge in [0.2, 0.25) is 0 Å². The Kier molecular flexibility index (Phi) is 3.26. The van der Waals surface area contributed by atoms with E-state index in [1.165, 1.54) is 0 Å². The zero-order valence-electron chi connectivity index (χ0n) is 9.25. The van der Waals surface area contributed by atoms with Gasteiger partial charge in [0.1, 0.15) is 11.7 Å². The molecular weight excluding hydrogens is 176 g/mol. The lowest BCUT2D eigenvalue weighted by Crippen LogP contribution is -2.61. The maximum Gasteiger partial charge on any atom is 0.125 e. The van der Waals surface area contributed by atoms with Crippen LogP contribution >= 0.6 is 0 Å². The number of rotatable bonds is 3. The number of nitrogens with two attached hydrogens (primary N) is 2. The topological polar surface area (TPSA) is 76.8 Å². The molecule has 0 bridgehead atoms. The predicted molar refractivity (Wildman–Crippen MR) is 60.6 cm³/mol. The second kappa shape index (κ2) is 4.09. The van der Waals surface area contributed by atoms with Gasteiger partial charge in [-0.2, -0.15) is 0 Å². The molecule has 0 spiro atoms. The first-order valence-electron chi connectivity index (χ1n) is 5.28. The van der Waals surface area contributed by atoms with Crippen molar-refractivity contribution in [3.05, 3.63) is 0 Å². The van der Waals surface area contributed by atoms with Crippen LogP contribution in [0.2, 0.25) is 0 Å². The van der Waals surface area contributed by atoms with Gasteiger partial charge in [-0.3, -0.25) is 4.99 Å². The van der Waals surface area contributed by atoms with E-state index < -0.39 is 5.54 Å². The second-order valence-corrected chi connectivity index (χ2v) is 3.71. The third-order valence-corrected chi connectivity index (χ3v) is 2.91. The van der Waals surface area contributed by atoms with Gasteiger partial charge in [-0.1, -0.05) is 20.8 Å². The van der Waals surface area contributed by atoms with Gasteiger partial charge in [-0.15, -0.1) is 0 Å². The fraction of sp³-hybridized carbons (Fsp3) is 0.800. The highest BCUT2D eigenvalue weighted by molar-refractivity contribution is 6.03. The molecule has 80 valence electrons. The van der Waals surface area contributed by atoms with Crippen LogP contribution < -0.4 is 11.5 Å². The summed E-state index contributed by atoms with van der Waals surface area (Å²) in [5.41, 5.74) is 11.6. The molecule has 0 aromatic heterocycles. The Balaban J connectivity index is 3.03. The van der Waals surface area contributed by atoms with E-state index in [9.17, 15) is 0 Å². The number of hydrogen-bond donors (Lipinski definition) is 2. The Bertz CT molecular complexity index is 269. The molecular formula is C10H20N4. The molecule has 0 fully saturated rings. The standard InChI is InChI=1S/C10H20N4/c1-4-7-10(12,6-3)9(11)14-8(5-2)13-7/h7H,4-6,12H2,1-3H3,(H2,11,13,14). The Labute approximate surface area is 85.5 Å². The number of aliphatic imine (C=N–C) groups is 2. The molecule has 14 heavy (non-hydrogen) atoms. The van der Waals surface area contributed by atoms with Gasteiger partial charge < -0.3 is 11.5 Å². The molecule has 4 N–H and O–H groups in total. The van der Waals surface area contributed by atoms with Gasteiger partial charge >= 0.3 is 0 Å². The van der Waals surface area contributed by atoms with Crippen LogP contribution in [0, 0.1) is 0 Å². The van der Waals surface area contributed by atoms with Crippen molar-refractivity contribution in [2.45, 2.75) is 51.6 Å². The van der Waals surface area contributed by atoms with Crippen molar-refractivity contribution in [2.24, 2.45) is 21.5 Å². The van der Waals surface area contributed by atoms with Crippen molar-refractivity contribution in [1.29, 1.82) is 0 Å². The van der Waals surface area contributed by atoms with E-state index in [1.54, 1.807) is 0 Å². The average Bonchev–Trinajstić information content (AvgIpc) is 2.21. The fourth-order valence-electron chi connectivity index (χ4n) is 1.78. The van der Waals surface area contributed by atoms with Gasteiger partial charge in [0.15, 0.2) is 0 Å². The Morgan fingerprint density at radius 3 is 2.43 bits per heavy atom. The van der Waals surface area contributed by atoms with Crippen LogP contribution in [0.4, 0.5) is 0 Å². The molecule has 1 aliphatic heterocycles. The minimum Gasteiger partial charge on any atom is -0.385 e. The van der Waals surface area contributed by atoms with Crippen LogP contribution in [-0.2, 0) is 0 Å². The second-order valence-electron chi connectivity index (χ2n) is 3.71. The van der Waals surface area contributed by atoms with E-state index in [0.717, 1.165) is 25.1 Å². The molecule has 0 saturated carbocycles. The first-order valence-corrected chi connectivity index (χ1v) is 5.28. The molecule has 0 radical (unpaired) electrons. The normalized spacial score (nSPS) is 32.4. The van der Waals surface area contributed by atoms with Crippen molar-refractivity contribution in [1.82, 2.24) is 0 Å². The molecule has 2 atom stereocenters. The molecule has 0 amide bonds. The van der Waals surface area contributed by atoms with Crippen molar-refractivity contribution in [3.63, 3.8) is 0 Å². The van der Waals surface area contributed by atoms with E-state index in [0.29, 0.717) is 5.84 Å². The highest BCUT2D eigenvalue weighted by atomic mass is 15.1. The summed E-state index contributed by atoms with van der Waals surface area (Å²) in [7, 11) is 0. The third kappa shape index (κ3) is 1.66. The lowest BCUT2D eigenvalue weighted by Gasteiger charge is -2.36. The average molecular weight is 196 g/mol. The summed E-state index contributed by atoms with van der Waals surface area (Å²) in [6, 6.07) is 0.0833. The summed E-state index contributed by atoms with van der Waals surface area (Å²) in [5.74, 6) is 1.36. The summed E-state index contributed by atoms with van der Waals surface area (Å²) in [6.45, 7) is 6.13. The lowest BCUT2D eigenvalue weighted by atomic mass is 9.85. The minimum absolute atomic E-state index is 0.0833. The molecule has 1 heterocycles. The molecule has 1 aliphatic rings. The molecule has 0 aromatic rings. The van der Waals surface area contributed by atoms with Gasteiger partial charge in [-0.05, 0) is 12.8 Å². The van der Waals surface area contributed by atoms with Crippen molar-refractivity contribution in [2.75, 3.05) is 0 Å². The van der Waals surface area contributed by atoms with Crippen molar-refractivity contribution in [3.8, 4) is 0 Å². The molecule has 0 aliphatic carbocycles. The molecule has 4 nitrogen and oxygen atoms in total. The van der Waals surface area contributed by atoms with E-state index in [2.05, 4.69) is 16.9 Å². The van der Waals surface area contributed by atoms with Crippen molar-refractivity contribution < 1.29 is 0 Å². The Morgan fingerprint density at radius 1 is 1.36 bits per heavy atom. The number of amidine groups is 2. The van der Waals surface area contributed by atoms with E-state index in [4.69, 9.17) is 11.5 Å². The smallest absolute Gasteiger partial charge is 0.125 e. The summed E-state index contributed by atoms with van der Waals surface area (Å²) >= 11 is 0. The molecule has 1 rings (SSSR count). The third-order valence-electron chi connectivity index (χ3n) is 2.91. The minimum atomic E-state index is -0.534. The SMILES string of the molecule is CCC1=NC(CC)C(N)(CC)C(N)=N1. The summed E-state index contributed by atoms with van der Waals surface area (Å²) in [5, 5.41) is 0. The summed E-state index contributed by atoms with van der Waals surface area (Å²) < 4.78 is 0. The van der Waals surface area contributed by atoms with Gasteiger partial charge in [-0.25, -0.2) is 4.99 Å². The monoisotopic (exact) mass is 196 g/mol. The van der Waals surface area contributed by atoms with E-state index in [-0.39, 0.29) is 6.04 Å². The zero-order chi connectivity index (χ0) is 10.8. The zero-order valence-corrected chi connectivity index (χ0v) is 9.25. The van der Waals surface area contributed by atoms with Gasteiger partial charge in [0.05, 0.1) is 11.6 Å². The van der Waals surface area contributed by atoms with Crippen LogP contribution in [0.3, 0.4) is 0 Å². The van der Waals surface area contributed by atoms with Crippen LogP contribution in [0.15, 0.2) is 9.98 Å². The summed E-state index contributed by atoms with van der Waals surface area (Å²) in [4.78, 5) is 8.76. The van der Waals surface area contributed by atoms with Gasteiger partial charge in [0.25, 0.3) is 0 Å². The maximum absolute atomic E-state index is 6.21. The van der Waals surface area contributed by atoms with Crippen molar-refractivity contribution >= 4 is 11.7 Å². The largest absolute Gasteiger partial charge is 0.385 e. The Morgan fingerprint density at radius 2 is 2.00 bits per heavy atom. The van der Waals surface area contributed by atoms with E-state index >= 15 is 0 Å². The highest BCUT2D eigenvalue weighted by Crippen LogP contribution is 2.23. The lowest BCUT2D eigenvalue weighted by molar-refractivity contribution is 0.418. The van der Waals surface area contributed by atoms with E-state index in [1.807, 2.05) is 13.8 Å². The molecule has 0 aromatic carbocycles. The number of nitrogens with zero attached hydrogens (tertiary/aromatic N) is 2. The first-order chi connectivity index (χ1) is 6.58. The first kappa shape index (κ1) is 11.2.